The van der Waals surface area contributed by atoms with E-state index in [1.165, 1.54) is 0 Å². The van der Waals surface area contributed by atoms with Crippen molar-refractivity contribution < 1.29 is 13.9 Å². The minimum absolute atomic E-state index is 0.235. The molecule has 1 aliphatic heterocycles. The molecule has 4 aromatic rings. The van der Waals surface area contributed by atoms with Crippen LogP contribution in [0.25, 0.3) is 27.7 Å². The summed E-state index contributed by atoms with van der Waals surface area (Å²) in [7, 11) is 0. The molecule has 0 bridgehead atoms. The number of allylic oxidation sites excluding steroid dienone is 2. The summed E-state index contributed by atoms with van der Waals surface area (Å²) in [6.07, 6.45) is 1.90. The van der Waals surface area contributed by atoms with Crippen LogP contribution in [0.15, 0.2) is 89.6 Å². The molecule has 3 nitrogen and oxygen atoms in total. The number of benzene rings is 3. The van der Waals surface area contributed by atoms with Gasteiger partial charge in [-0.3, -0.25) is 4.79 Å². The van der Waals surface area contributed by atoms with Crippen molar-refractivity contribution >= 4 is 33.9 Å². The summed E-state index contributed by atoms with van der Waals surface area (Å²) in [4.78, 5) is 13.5. The van der Waals surface area contributed by atoms with Crippen molar-refractivity contribution in [1.29, 1.82) is 0 Å². The second-order valence-corrected chi connectivity index (χ2v) is 7.60. The van der Waals surface area contributed by atoms with E-state index in [1.54, 1.807) is 24.3 Å². The number of hydrogen-bond acceptors (Lipinski definition) is 3. The van der Waals surface area contributed by atoms with Gasteiger partial charge in [0.1, 0.15) is 17.1 Å². The Morgan fingerprint density at radius 3 is 2.47 bits per heavy atom. The van der Waals surface area contributed by atoms with Crippen LogP contribution in [-0.4, -0.2) is 5.78 Å². The molecule has 3 aromatic carbocycles. The maximum Gasteiger partial charge on any atom is 0.230 e. The van der Waals surface area contributed by atoms with Crippen LogP contribution in [0, 0.1) is 0 Å². The Labute approximate surface area is 178 Å². The van der Waals surface area contributed by atoms with Crippen molar-refractivity contribution in [3.8, 4) is 16.9 Å². The van der Waals surface area contributed by atoms with E-state index in [2.05, 4.69) is 6.58 Å². The molecule has 0 aliphatic carbocycles. The lowest BCUT2D eigenvalue weighted by atomic mass is 9.94. The average molecular weight is 413 g/mol. The van der Waals surface area contributed by atoms with Crippen molar-refractivity contribution in [3.63, 3.8) is 0 Å². The van der Waals surface area contributed by atoms with Gasteiger partial charge >= 0.3 is 0 Å². The second kappa shape index (κ2) is 7.05. The van der Waals surface area contributed by atoms with Crippen molar-refractivity contribution in [3.05, 3.63) is 107 Å². The highest BCUT2D eigenvalue weighted by molar-refractivity contribution is 6.35. The molecule has 0 fully saturated rings. The highest BCUT2D eigenvalue weighted by Gasteiger charge is 2.29. The van der Waals surface area contributed by atoms with E-state index in [0.717, 1.165) is 22.1 Å². The summed E-state index contributed by atoms with van der Waals surface area (Å²) >= 11 is 6.31. The van der Waals surface area contributed by atoms with E-state index in [9.17, 15) is 4.79 Å². The van der Waals surface area contributed by atoms with Crippen molar-refractivity contribution in [2.75, 3.05) is 0 Å². The highest BCUT2D eigenvalue weighted by Crippen LogP contribution is 2.46. The van der Waals surface area contributed by atoms with Crippen LogP contribution in [-0.2, 0) is 0 Å². The van der Waals surface area contributed by atoms with Crippen LogP contribution in [0.1, 0.15) is 28.6 Å². The summed E-state index contributed by atoms with van der Waals surface area (Å²) in [6, 6.07) is 20.5. The summed E-state index contributed by atoms with van der Waals surface area (Å²) in [5.41, 5.74) is 4.51. The van der Waals surface area contributed by atoms with Gasteiger partial charge in [0.15, 0.2) is 5.76 Å². The van der Waals surface area contributed by atoms with Gasteiger partial charge in [0.2, 0.25) is 5.78 Å². The van der Waals surface area contributed by atoms with E-state index in [-0.39, 0.29) is 11.5 Å². The first-order valence-electron chi connectivity index (χ1n) is 9.54. The summed E-state index contributed by atoms with van der Waals surface area (Å²) < 4.78 is 12.2. The average Bonchev–Trinajstić information content (AvgIpc) is 3.14. The Hall–Kier alpha value is -3.56. The fraction of sp³-hybridized carbons (Fsp3) is 0.0385. The number of furan rings is 1. The Balaban J connectivity index is 1.86. The summed E-state index contributed by atoms with van der Waals surface area (Å²) in [5.74, 6) is 1.16. The standard InChI is InChI=1S/C26H17ClO3/c1-15-14-16(2)29-25-18(15)12-13-21-23(25)22(17-8-4-3-5-9-17)26(30-21)24(28)19-10-6-7-11-20(19)27/h3-14H,2H2,1H3. The monoisotopic (exact) mass is 412 g/mol. The molecule has 30 heavy (non-hydrogen) atoms. The number of hydrogen-bond donors (Lipinski definition) is 0. The van der Waals surface area contributed by atoms with Gasteiger partial charge in [-0.15, -0.1) is 0 Å². The van der Waals surface area contributed by atoms with Crippen LogP contribution in [0.5, 0.6) is 5.75 Å². The molecule has 146 valence electrons. The number of rotatable bonds is 3. The fourth-order valence-electron chi connectivity index (χ4n) is 3.87. The minimum Gasteiger partial charge on any atom is -0.457 e. The molecular formula is C26H17ClO3. The molecule has 0 saturated heterocycles. The van der Waals surface area contributed by atoms with E-state index in [4.69, 9.17) is 20.8 Å². The third kappa shape index (κ3) is 2.87. The number of fused-ring (bicyclic) bond motifs is 3. The number of carbonyl (C=O) groups excluding carboxylic acids is 1. The zero-order valence-electron chi connectivity index (χ0n) is 16.2. The van der Waals surface area contributed by atoms with Crippen molar-refractivity contribution in [2.45, 2.75) is 6.92 Å². The van der Waals surface area contributed by atoms with Crippen LogP contribution in [0.2, 0.25) is 5.02 Å². The van der Waals surface area contributed by atoms with Gasteiger partial charge in [0, 0.05) is 16.7 Å². The molecule has 0 atom stereocenters. The molecule has 0 N–H and O–H groups in total. The molecular weight excluding hydrogens is 396 g/mol. The predicted octanol–water partition coefficient (Wildman–Crippen LogP) is 7.29. The molecule has 0 spiro atoms. The maximum atomic E-state index is 13.5. The first kappa shape index (κ1) is 18.5. The van der Waals surface area contributed by atoms with Gasteiger partial charge in [-0.25, -0.2) is 0 Å². The normalized spacial score (nSPS) is 13.0. The SMILES string of the molecule is C=C1C=C(C)c2ccc3oc(C(=O)c4ccccc4Cl)c(-c4ccccc4)c3c2O1. The van der Waals surface area contributed by atoms with Gasteiger partial charge in [-0.05, 0) is 48.4 Å². The van der Waals surface area contributed by atoms with E-state index >= 15 is 0 Å². The highest BCUT2D eigenvalue weighted by atomic mass is 35.5. The predicted molar refractivity (Wildman–Crippen MR) is 120 cm³/mol. The van der Waals surface area contributed by atoms with Crippen molar-refractivity contribution in [2.24, 2.45) is 0 Å². The van der Waals surface area contributed by atoms with Crippen LogP contribution < -0.4 is 4.74 Å². The Kier molecular flexibility index (Phi) is 4.34. The third-order valence-corrected chi connectivity index (χ3v) is 5.56. The number of carbonyl (C=O) groups is 1. The molecule has 1 aromatic heterocycles. The lowest BCUT2D eigenvalue weighted by Crippen LogP contribution is -2.03. The molecule has 0 saturated carbocycles. The summed E-state index contributed by atoms with van der Waals surface area (Å²) in [5, 5.41) is 1.13. The van der Waals surface area contributed by atoms with Gasteiger partial charge in [0.25, 0.3) is 0 Å². The smallest absolute Gasteiger partial charge is 0.230 e. The molecule has 0 radical (unpaired) electrons. The molecule has 2 heterocycles. The quantitative estimate of drug-likeness (QED) is 0.331. The molecule has 4 heteroatoms. The first-order valence-corrected chi connectivity index (χ1v) is 9.92. The van der Waals surface area contributed by atoms with Crippen molar-refractivity contribution in [1.82, 2.24) is 0 Å². The lowest BCUT2D eigenvalue weighted by Gasteiger charge is -2.18. The molecule has 0 unspecified atom stereocenters. The summed E-state index contributed by atoms with van der Waals surface area (Å²) in [6.45, 7) is 5.97. The van der Waals surface area contributed by atoms with Gasteiger partial charge in [0.05, 0.1) is 10.4 Å². The van der Waals surface area contributed by atoms with E-state index in [0.29, 0.717) is 33.2 Å². The van der Waals surface area contributed by atoms with Crippen LogP contribution in [0.3, 0.4) is 0 Å². The van der Waals surface area contributed by atoms with Gasteiger partial charge in [-0.2, -0.15) is 0 Å². The lowest BCUT2D eigenvalue weighted by molar-refractivity contribution is 0.101. The van der Waals surface area contributed by atoms with E-state index in [1.807, 2.05) is 55.5 Å². The van der Waals surface area contributed by atoms with Gasteiger partial charge in [-0.1, -0.05) is 60.6 Å². The second-order valence-electron chi connectivity index (χ2n) is 7.19. The fourth-order valence-corrected chi connectivity index (χ4v) is 4.09. The zero-order valence-corrected chi connectivity index (χ0v) is 17.0. The number of halogens is 1. The van der Waals surface area contributed by atoms with Crippen LogP contribution >= 0.6 is 11.6 Å². The minimum atomic E-state index is -0.272. The maximum absolute atomic E-state index is 13.5. The Morgan fingerprint density at radius 1 is 0.967 bits per heavy atom. The number of ether oxygens (including phenoxy) is 1. The number of ketones is 1. The topological polar surface area (TPSA) is 39.4 Å². The zero-order chi connectivity index (χ0) is 20.8. The third-order valence-electron chi connectivity index (χ3n) is 5.23. The molecule has 5 rings (SSSR count). The largest absolute Gasteiger partial charge is 0.457 e. The van der Waals surface area contributed by atoms with E-state index < -0.39 is 0 Å². The van der Waals surface area contributed by atoms with Gasteiger partial charge < -0.3 is 9.15 Å². The molecule has 0 amide bonds. The molecule has 1 aliphatic rings. The Bertz CT molecular complexity index is 1360. The Morgan fingerprint density at radius 2 is 1.70 bits per heavy atom. The first-order chi connectivity index (χ1) is 14.5. The van der Waals surface area contributed by atoms with Crippen LogP contribution in [0.4, 0.5) is 0 Å².